The molecule has 3 heterocycles. The van der Waals surface area contributed by atoms with Gasteiger partial charge >= 0.3 is 6.18 Å². The fourth-order valence-corrected chi connectivity index (χ4v) is 2.78. The number of halogens is 4. The molecule has 0 aliphatic rings. The summed E-state index contributed by atoms with van der Waals surface area (Å²) >= 11 is 0. The Hall–Kier alpha value is -3.43. The van der Waals surface area contributed by atoms with Gasteiger partial charge in [0, 0.05) is 23.9 Å². The first kappa shape index (κ1) is 17.0. The number of nitrogens with zero attached hydrogens (tertiary/aromatic N) is 3. The number of rotatable bonds is 2. The smallest absolute Gasteiger partial charge is 0.433 e. The molecule has 138 valence electrons. The molecule has 1 N–H and O–H groups in total. The first-order valence-corrected chi connectivity index (χ1v) is 7.61. The Labute approximate surface area is 148 Å². The lowest BCUT2D eigenvalue weighted by atomic mass is 10.1. The standard InChI is InChI=1S/C17H10F4N4O2/c1-27-13-5-9-12(6-10(13)18)25-15(23-16(9)26)7-11(24-25)8-2-3-22-14(4-8)17(19,20)21/h2-7H,1H3,(H,23,26). The van der Waals surface area contributed by atoms with Crippen molar-refractivity contribution in [1.29, 1.82) is 0 Å². The van der Waals surface area contributed by atoms with Crippen LogP contribution in [0, 0.1) is 5.82 Å². The zero-order valence-electron chi connectivity index (χ0n) is 13.6. The number of hydrogen-bond acceptors (Lipinski definition) is 4. The molecule has 0 spiro atoms. The average Bonchev–Trinajstić information content (AvgIpc) is 3.05. The van der Waals surface area contributed by atoms with E-state index in [2.05, 4.69) is 15.1 Å². The zero-order valence-corrected chi connectivity index (χ0v) is 13.6. The summed E-state index contributed by atoms with van der Waals surface area (Å²) in [6.45, 7) is 0. The van der Waals surface area contributed by atoms with Crippen LogP contribution in [0.25, 0.3) is 27.8 Å². The lowest BCUT2D eigenvalue weighted by Gasteiger charge is -2.06. The molecular formula is C17H10F4N4O2. The van der Waals surface area contributed by atoms with Crippen LogP contribution in [-0.2, 0) is 6.18 Å². The van der Waals surface area contributed by atoms with Gasteiger partial charge in [-0.25, -0.2) is 8.91 Å². The van der Waals surface area contributed by atoms with Crippen molar-refractivity contribution in [3.8, 4) is 17.0 Å². The highest BCUT2D eigenvalue weighted by Crippen LogP contribution is 2.31. The monoisotopic (exact) mass is 378 g/mol. The zero-order chi connectivity index (χ0) is 19.3. The third-order valence-corrected chi connectivity index (χ3v) is 4.04. The Bertz CT molecular complexity index is 1240. The van der Waals surface area contributed by atoms with Crippen molar-refractivity contribution in [3.05, 3.63) is 58.4 Å². The molecule has 27 heavy (non-hydrogen) atoms. The Balaban J connectivity index is 1.97. The van der Waals surface area contributed by atoms with Crippen LogP contribution in [0.4, 0.5) is 17.6 Å². The van der Waals surface area contributed by atoms with Crippen molar-refractivity contribution in [2.24, 2.45) is 0 Å². The van der Waals surface area contributed by atoms with E-state index < -0.39 is 23.2 Å². The van der Waals surface area contributed by atoms with Crippen LogP contribution in [0.15, 0.2) is 41.3 Å². The van der Waals surface area contributed by atoms with Crippen LogP contribution in [-0.4, -0.2) is 26.7 Å². The number of hydrogen-bond donors (Lipinski definition) is 1. The van der Waals surface area contributed by atoms with Gasteiger partial charge in [-0.15, -0.1) is 0 Å². The predicted molar refractivity (Wildman–Crippen MR) is 88.1 cm³/mol. The van der Waals surface area contributed by atoms with E-state index in [-0.39, 0.29) is 33.6 Å². The summed E-state index contributed by atoms with van der Waals surface area (Å²) in [5.74, 6) is -0.805. The van der Waals surface area contributed by atoms with Crippen molar-refractivity contribution in [2.75, 3.05) is 7.11 Å². The minimum absolute atomic E-state index is 0.108. The van der Waals surface area contributed by atoms with Gasteiger partial charge in [0.15, 0.2) is 11.6 Å². The van der Waals surface area contributed by atoms with Crippen molar-refractivity contribution in [2.45, 2.75) is 6.18 Å². The van der Waals surface area contributed by atoms with Gasteiger partial charge in [0.1, 0.15) is 11.3 Å². The maximum atomic E-state index is 14.1. The summed E-state index contributed by atoms with van der Waals surface area (Å²) in [6.07, 6.45) is -3.58. The Kier molecular flexibility index (Phi) is 3.65. The number of aromatic nitrogens is 4. The van der Waals surface area contributed by atoms with Gasteiger partial charge in [0.05, 0.1) is 23.7 Å². The molecular weight excluding hydrogens is 368 g/mol. The number of pyridine rings is 1. The molecule has 0 radical (unpaired) electrons. The third kappa shape index (κ3) is 2.78. The minimum atomic E-state index is -4.60. The summed E-state index contributed by atoms with van der Waals surface area (Å²) < 4.78 is 58.8. The predicted octanol–water partition coefficient (Wildman–Crippen LogP) is 3.40. The molecule has 0 bridgehead atoms. The van der Waals surface area contributed by atoms with Gasteiger partial charge in [0.25, 0.3) is 5.56 Å². The molecule has 0 aliphatic heterocycles. The topological polar surface area (TPSA) is 72.3 Å². The molecule has 10 heteroatoms. The lowest BCUT2D eigenvalue weighted by Crippen LogP contribution is -2.10. The molecule has 6 nitrogen and oxygen atoms in total. The van der Waals surface area contributed by atoms with Crippen LogP contribution in [0.2, 0.25) is 0 Å². The maximum absolute atomic E-state index is 14.1. The molecule has 0 aliphatic carbocycles. The molecule has 4 rings (SSSR count). The molecule has 0 amide bonds. The van der Waals surface area contributed by atoms with Crippen molar-refractivity contribution in [3.63, 3.8) is 0 Å². The SMILES string of the molecule is COc1cc2c(=O)[nH]c3cc(-c4ccnc(C(F)(F)F)c4)nn3c2cc1F. The summed E-state index contributed by atoms with van der Waals surface area (Å²) in [5.41, 5.74) is -0.883. The molecule has 1 aromatic carbocycles. The quantitative estimate of drug-likeness (QED) is 0.543. The molecule has 4 aromatic rings. The van der Waals surface area contributed by atoms with Gasteiger partial charge in [-0.05, 0) is 18.2 Å². The highest BCUT2D eigenvalue weighted by Gasteiger charge is 2.32. The lowest BCUT2D eigenvalue weighted by molar-refractivity contribution is -0.141. The van der Waals surface area contributed by atoms with E-state index in [1.807, 2.05) is 0 Å². The van der Waals surface area contributed by atoms with Crippen LogP contribution in [0.3, 0.4) is 0 Å². The van der Waals surface area contributed by atoms with Crippen LogP contribution in [0.1, 0.15) is 5.69 Å². The van der Waals surface area contributed by atoms with Crippen molar-refractivity contribution >= 4 is 16.6 Å². The second kappa shape index (κ2) is 5.79. The molecule has 0 saturated heterocycles. The molecule has 0 atom stereocenters. The van der Waals surface area contributed by atoms with E-state index in [1.165, 1.54) is 29.8 Å². The van der Waals surface area contributed by atoms with Crippen molar-refractivity contribution < 1.29 is 22.3 Å². The first-order chi connectivity index (χ1) is 12.8. The van der Waals surface area contributed by atoms with Gasteiger partial charge in [-0.2, -0.15) is 18.3 Å². The highest BCUT2D eigenvalue weighted by atomic mass is 19.4. The number of alkyl halides is 3. The second-order valence-electron chi connectivity index (χ2n) is 5.71. The summed E-state index contributed by atoms with van der Waals surface area (Å²) in [5, 5.41) is 4.34. The molecule has 3 aromatic heterocycles. The van der Waals surface area contributed by atoms with E-state index in [1.54, 1.807) is 0 Å². The highest BCUT2D eigenvalue weighted by molar-refractivity contribution is 5.82. The number of H-pyrrole nitrogens is 1. The second-order valence-corrected chi connectivity index (χ2v) is 5.71. The van der Waals surface area contributed by atoms with Gasteiger partial charge in [-0.1, -0.05) is 0 Å². The van der Waals surface area contributed by atoms with Crippen LogP contribution < -0.4 is 10.3 Å². The summed E-state index contributed by atoms with van der Waals surface area (Å²) in [6, 6.07) is 5.93. The largest absolute Gasteiger partial charge is 0.494 e. The molecule has 0 unspecified atom stereocenters. The van der Waals surface area contributed by atoms with Crippen LogP contribution >= 0.6 is 0 Å². The summed E-state index contributed by atoms with van der Waals surface area (Å²) in [4.78, 5) is 18.1. The summed E-state index contributed by atoms with van der Waals surface area (Å²) in [7, 11) is 1.27. The Morgan fingerprint density at radius 2 is 1.96 bits per heavy atom. The number of nitrogens with one attached hydrogen (secondary N) is 1. The normalized spacial score (nSPS) is 12.0. The number of fused-ring (bicyclic) bond motifs is 3. The molecule has 0 saturated carbocycles. The number of methoxy groups -OCH3 is 1. The maximum Gasteiger partial charge on any atom is 0.433 e. The first-order valence-electron chi connectivity index (χ1n) is 7.61. The third-order valence-electron chi connectivity index (χ3n) is 4.04. The Morgan fingerprint density at radius 3 is 2.67 bits per heavy atom. The van der Waals surface area contributed by atoms with Gasteiger partial charge in [-0.3, -0.25) is 9.78 Å². The van der Waals surface area contributed by atoms with E-state index in [0.29, 0.717) is 0 Å². The number of ether oxygens (including phenoxy) is 1. The van der Waals surface area contributed by atoms with E-state index in [9.17, 15) is 22.4 Å². The fourth-order valence-electron chi connectivity index (χ4n) is 2.78. The van der Waals surface area contributed by atoms with E-state index in [4.69, 9.17) is 4.74 Å². The number of benzene rings is 1. The number of aromatic amines is 1. The van der Waals surface area contributed by atoms with E-state index >= 15 is 0 Å². The fraction of sp³-hybridized carbons (Fsp3) is 0.118. The average molecular weight is 378 g/mol. The molecule has 0 fully saturated rings. The van der Waals surface area contributed by atoms with Gasteiger partial charge < -0.3 is 9.72 Å². The van der Waals surface area contributed by atoms with E-state index in [0.717, 1.165) is 18.3 Å². The van der Waals surface area contributed by atoms with Crippen molar-refractivity contribution in [1.82, 2.24) is 19.6 Å². The van der Waals surface area contributed by atoms with Gasteiger partial charge in [0.2, 0.25) is 0 Å². The minimum Gasteiger partial charge on any atom is -0.494 e. The Morgan fingerprint density at radius 1 is 1.19 bits per heavy atom. The van der Waals surface area contributed by atoms with Crippen LogP contribution in [0.5, 0.6) is 5.75 Å².